The van der Waals surface area contributed by atoms with E-state index < -0.39 is 0 Å². The second-order valence-electron chi connectivity index (χ2n) is 8.93. The van der Waals surface area contributed by atoms with Gasteiger partial charge >= 0.3 is 0 Å². The molecule has 1 aromatic carbocycles. The SMILES string of the molecule is CN=C(NCC(C)(C)c1ccc2c(c1)OCCO2)NCC(C)(C)N1CCOCC1. The average Bonchev–Trinajstić information content (AvgIpc) is 2.74. The molecule has 7 heteroatoms. The second-order valence-corrected chi connectivity index (χ2v) is 8.93. The largest absolute Gasteiger partial charge is 0.486 e. The Hall–Kier alpha value is -1.99. The van der Waals surface area contributed by atoms with Crippen molar-refractivity contribution in [3.63, 3.8) is 0 Å². The van der Waals surface area contributed by atoms with E-state index in [2.05, 4.69) is 60.4 Å². The number of nitrogens with one attached hydrogen (secondary N) is 2. The molecule has 0 aromatic heterocycles. The van der Waals surface area contributed by atoms with Gasteiger partial charge in [0.2, 0.25) is 0 Å². The van der Waals surface area contributed by atoms with Gasteiger partial charge in [0.25, 0.3) is 0 Å². The number of hydrogen-bond donors (Lipinski definition) is 2. The van der Waals surface area contributed by atoms with Crippen molar-refractivity contribution in [2.45, 2.75) is 38.6 Å². The van der Waals surface area contributed by atoms with Crippen molar-refractivity contribution < 1.29 is 14.2 Å². The van der Waals surface area contributed by atoms with Gasteiger partial charge in [0.15, 0.2) is 17.5 Å². The summed E-state index contributed by atoms with van der Waals surface area (Å²) >= 11 is 0. The van der Waals surface area contributed by atoms with Gasteiger partial charge in [-0.2, -0.15) is 0 Å². The monoisotopic (exact) mass is 404 g/mol. The summed E-state index contributed by atoms with van der Waals surface area (Å²) in [6.07, 6.45) is 0. The van der Waals surface area contributed by atoms with Crippen molar-refractivity contribution in [3.05, 3.63) is 23.8 Å². The highest BCUT2D eigenvalue weighted by atomic mass is 16.6. The maximum absolute atomic E-state index is 5.74. The van der Waals surface area contributed by atoms with Crippen LogP contribution in [0.3, 0.4) is 0 Å². The number of aliphatic imine (C=N–C) groups is 1. The third-order valence-corrected chi connectivity index (χ3v) is 5.80. The molecule has 0 saturated carbocycles. The van der Waals surface area contributed by atoms with E-state index in [0.29, 0.717) is 13.2 Å². The molecule has 0 spiro atoms. The molecule has 0 aliphatic carbocycles. The minimum Gasteiger partial charge on any atom is -0.486 e. The molecule has 29 heavy (non-hydrogen) atoms. The zero-order chi connectivity index (χ0) is 20.9. The Morgan fingerprint density at radius 3 is 2.31 bits per heavy atom. The Morgan fingerprint density at radius 2 is 1.62 bits per heavy atom. The summed E-state index contributed by atoms with van der Waals surface area (Å²) in [6.45, 7) is 15.3. The van der Waals surface area contributed by atoms with Gasteiger partial charge in [-0.3, -0.25) is 9.89 Å². The lowest BCUT2D eigenvalue weighted by atomic mass is 9.84. The highest BCUT2D eigenvalue weighted by molar-refractivity contribution is 5.79. The minimum absolute atomic E-state index is 0.0345. The smallest absolute Gasteiger partial charge is 0.191 e. The molecule has 2 heterocycles. The van der Waals surface area contributed by atoms with Gasteiger partial charge in [0.05, 0.1) is 13.2 Å². The van der Waals surface area contributed by atoms with Crippen molar-refractivity contribution in [1.29, 1.82) is 0 Å². The maximum atomic E-state index is 5.74. The summed E-state index contributed by atoms with van der Waals surface area (Å²) in [6, 6.07) is 6.21. The van der Waals surface area contributed by atoms with Crippen LogP contribution in [0.2, 0.25) is 0 Å². The molecule has 0 unspecified atom stereocenters. The predicted octanol–water partition coefficient (Wildman–Crippen LogP) is 2.01. The third kappa shape index (κ3) is 5.54. The van der Waals surface area contributed by atoms with Gasteiger partial charge in [-0.15, -0.1) is 0 Å². The second kappa shape index (κ2) is 9.22. The van der Waals surface area contributed by atoms with E-state index in [-0.39, 0.29) is 11.0 Å². The van der Waals surface area contributed by atoms with Gasteiger partial charge in [-0.05, 0) is 31.5 Å². The normalized spacial score (nSPS) is 18.4. The molecule has 0 bridgehead atoms. The zero-order valence-corrected chi connectivity index (χ0v) is 18.5. The number of guanidine groups is 1. The summed E-state index contributed by atoms with van der Waals surface area (Å²) < 4.78 is 16.9. The Labute approximate surface area is 174 Å². The number of fused-ring (bicyclic) bond motifs is 1. The van der Waals surface area contributed by atoms with Crippen molar-refractivity contribution in [3.8, 4) is 11.5 Å². The summed E-state index contributed by atoms with van der Waals surface area (Å²) in [7, 11) is 1.81. The molecule has 7 nitrogen and oxygen atoms in total. The Kier molecular flexibility index (Phi) is 6.90. The van der Waals surface area contributed by atoms with Crippen LogP contribution in [-0.4, -0.2) is 76.1 Å². The number of benzene rings is 1. The molecule has 1 saturated heterocycles. The molecular weight excluding hydrogens is 368 g/mol. The summed E-state index contributed by atoms with van der Waals surface area (Å²) in [5.41, 5.74) is 1.15. The van der Waals surface area contributed by atoms with Gasteiger partial charge in [-0.25, -0.2) is 0 Å². The number of hydrogen-bond acceptors (Lipinski definition) is 5. The quantitative estimate of drug-likeness (QED) is 0.559. The van der Waals surface area contributed by atoms with Crippen molar-refractivity contribution in [2.75, 3.05) is 59.7 Å². The Bertz CT molecular complexity index is 712. The van der Waals surface area contributed by atoms with Crippen LogP contribution in [-0.2, 0) is 10.2 Å². The van der Waals surface area contributed by atoms with E-state index in [0.717, 1.165) is 56.9 Å². The van der Waals surface area contributed by atoms with Gasteiger partial charge < -0.3 is 24.8 Å². The number of nitrogens with zero attached hydrogens (tertiary/aromatic N) is 2. The molecule has 3 rings (SSSR count). The summed E-state index contributed by atoms with van der Waals surface area (Å²) in [5, 5.41) is 6.98. The zero-order valence-electron chi connectivity index (χ0n) is 18.5. The van der Waals surface area contributed by atoms with Crippen LogP contribution in [0.4, 0.5) is 0 Å². The van der Waals surface area contributed by atoms with E-state index in [1.54, 1.807) is 0 Å². The van der Waals surface area contributed by atoms with Crippen LogP contribution in [0, 0.1) is 0 Å². The fraction of sp³-hybridized carbons (Fsp3) is 0.682. The predicted molar refractivity (Wildman–Crippen MR) is 116 cm³/mol. The van der Waals surface area contributed by atoms with Crippen LogP contribution < -0.4 is 20.1 Å². The maximum Gasteiger partial charge on any atom is 0.191 e. The van der Waals surface area contributed by atoms with Crippen LogP contribution in [0.25, 0.3) is 0 Å². The highest BCUT2D eigenvalue weighted by Crippen LogP contribution is 2.34. The van der Waals surface area contributed by atoms with Crippen molar-refractivity contribution >= 4 is 5.96 Å². The topological polar surface area (TPSA) is 67.4 Å². The Balaban J connectivity index is 1.55. The van der Waals surface area contributed by atoms with Gasteiger partial charge in [0, 0.05) is 44.2 Å². The highest BCUT2D eigenvalue weighted by Gasteiger charge is 2.29. The first-order valence-corrected chi connectivity index (χ1v) is 10.5. The first kappa shape index (κ1) is 21.7. The molecular formula is C22H36N4O3. The van der Waals surface area contributed by atoms with Crippen LogP contribution >= 0.6 is 0 Å². The Morgan fingerprint density at radius 1 is 0.966 bits per heavy atom. The van der Waals surface area contributed by atoms with Crippen molar-refractivity contribution in [1.82, 2.24) is 15.5 Å². The minimum atomic E-state index is -0.0901. The van der Waals surface area contributed by atoms with E-state index in [4.69, 9.17) is 14.2 Å². The van der Waals surface area contributed by atoms with Crippen LogP contribution in [0.15, 0.2) is 23.2 Å². The fourth-order valence-corrected chi connectivity index (χ4v) is 3.67. The first-order valence-electron chi connectivity index (χ1n) is 10.5. The number of ether oxygens (including phenoxy) is 3. The van der Waals surface area contributed by atoms with E-state index in [9.17, 15) is 0 Å². The van der Waals surface area contributed by atoms with Crippen LogP contribution in [0.1, 0.15) is 33.3 Å². The molecule has 162 valence electrons. The number of rotatable bonds is 6. The first-order chi connectivity index (χ1) is 13.8. The fourth-order valence-electron chi connectivity index (χ4n) is 3.67. The van der Waals surface area contributed by atoms with E-state index in [1.165, 1.54) is 5.56 Å². The molecule has 2 N–H and O–H groups in total. The van der Waals surface area contributed by atoms with E-state index >= 15 is 0 Å². The molecule has 1 aromatic rings. The lowest BCUT2D eigenvalue weighted by Crippen LogP contribution is -2.57. The lowest BCUT2D eigenvalue weighted by molar-refractivity contribution is -0.00834. The molecule has 2 aliphatic heterocycles. The molecule has 2 aliphatic rings. The molecule has 0 amide bonds. The molecule has 0 radical (unpaired) electrons. The average molecular weight is 405 g/mol. The standard InChI is InChI=1S/C22H36N4O3/c1-21(2,17-6-7-18-19(14-17)29-13-12-28-18)15-24-20(23-5)25-16-22(3,4)26-8-10-27-11-9-26/h6-7,14H,8-13,15-16H2,1-5H3,(H2,23,24,25). The van der Waals surface area contributed by atoms with Crippen LogP contribution in [0.5, 0.6) is 11.5 Å². The van der Waals surface area contributed by atoms with Crippen molar-refractivity contribution in [2.24, 2.45) is 4.99 Å². The summed E-state index contributed by atoms with van der Waals surface area (Å²) in [4.78, 5) is 6.88. The number of morpholine rings is 1. The van der Waals surface area contributed by atoms with Gasteiger partial charge in [0.1, 0.15) is 13.2 Å². The molecule has 0 atom stereocenters. The van der Waals surface area contributed by atoms with E-state index in [1.807, 2.05) is 13.1 Å². The molecule has 1 fully saturated rings. The van der Waals surface area contributed by atoms with Gasteiger partial charge in [-0.1, -0.05) is 19.9 Å². The lowest BCUT2D eigenvalue weighted by Gasteiger charge is -2.41. The summed E-state index contributed by atoms with van der Waals surface area (Å²) in [5.74, 6) is 2.47. The third-order valence-electron chi connectivity index (χ3n) is 5.80.